The Balaban J connectivity index is 1.87. The number of rotatable bonds is 4. The highest BCUT2D eigenvalue weighted by molar-refractivity contribution is 5.31. The van der Waals surface area contributed by atoms with Crippen molar-refractivity contribution in [3.8, 4) is 11.5 Å². The Bertz CT molecular complexity index is 336. The minimum Gasteiger partial charge on any atom is -0.490 e. The Hall–Kier alpha value is -1.36. The monoisotopic (exact) mass is 229 g/mol. The summed E-state index contributed by atoms with van der Waals surface area (Å²) in [4.78, 5) is 0. The van der Waals surface area contributed by atoms with Crippen LogP contribution in [0.5, 0.6) is 11.5 Å². The van der Waals surface area contributed by atoms with Gasteiger partial charge in [0.05, 0.1) is 0 Å². The van der Waals surface area contributed by atoms with Crippen LogP contribution in [0.2, 0.25) is 0 Å². The number of ether oxygens (including phenoxy) is 2. The lowest BCUT2D eigenvalue weighted by Gasteiger charge is -2.32. The van der Waals surface area contributed by atoms with Gasteiger partial charge >= 0.3 is 6.61 Å². The molecule has 16 heavy (non-hydrogen) atoms. The molecule has 1 fully saturated rings. The van der Waals surface area contributed by atoms with Gasteiger partial charge < -0.3 is 15.2 Å². The first-order chi connectivity index (χ1) is 7.63. The van der Waals surface area contributed by atoms with Crippen molar-refractivity contribution in [2.45, 2.75) is 31.6 Å². The lowest BCUT2D eigenvalue weighted by atomic mass is 9.90. The molecule has 0 heterocycles. The summed E-state index contributed by atoms with van der Waals surface area (Å²) in [5, 5.41) is 0. The van der Waals surface area contributed by atoms with E-state index in [4.69, 9.17) is 10.5 Å². The Morgan fingerprint density at radius 3 is 2.19 bits per heavy atom. The molecule has 0 atom stereocenters. The first-order valence-electron chi connectivity index (χ1n) is 5.10. The van der Waals surface area contributed by atoms with Gasteiger partial charge in [-0.3, -0.25) is 0 Å². The Morgan fingerprint density at radius 1 is 1.12 bits per heavy atom. The van der Waals surface area contributed by atoms with Crippen LogP contribution in [0, 0.1) is 0 Å². The zero-order valence-electron chi connectivity index (χ0n) is 8.61. The van der Waals surface area contributed by atoms with E-state index in [0.29, 0.717) is 5.75 Å². The van der Waals surface area contributed by atoms with Crippen LogP contribution in [0.15, 0.2) is 24.3 Å². The van der Waals surface area contributed by atoms with Crippen LogP contribution in [-0.2, 0) is 0 Å². The summed E-state index contributed by atoms with van der Waals surface area (Å²) < 4.78 is 33.5. The summed E-state index contributed by atoms with van der Waals surface area (Å²) in [7, 11) is 0. The standard InChI is InChI=1S/C11H13F2NO2/c12-11(13)16-9-3-1-8(2-4-9)15-10-5-7(14)6-10/h1-4,7,10-11H,5-6,14H2/t7-,10-. The SMILES string of the molecule is N[C@H]1C[C@H](Oc2ccc(OC(F)F)cc2)C1. The maximum atomic E-state index is 11.9. The van der Waals surface area contributed by atoms with E-state index in [2.05, 4.69) is 4.74 Å². The van der Waals surface area contributed by atoms with Gasteiger partial charge in [-0.15, -0.1) is 0 Å². The molecule has 0 amide bonds. The zero-order chi connectivity index (χ0) is 11.5. The number of hydrogen-bond acceptors (Lipinski definition) is 3. The van der Waals surface area contributed by atoms with Gasteiger partial charge in [-0.05, 0) is 37.1 Å². The van der Waals surface area contributed by atoms with Crippen LogP contribution >= 0.6 is 0 Å². The summed E-state index contributed by atoms with van der Waals surface area (Å²) >= 11 is 0. The van der Waals surface area contributed by atoms with Gasteiger partial charge in [0.2, 0.25) is 0 Å². The van der Waals surface area contributed by atoms with E-state index >= 15 is 0 Å². The van der Waals surface area contributed by atoms with Crippen LogP contribution in [0.1, 0.15) is 12.8 Å². The number of benzene rings is 1. The second-order valence-electron chi connectivity index (χ2n) is 3.82. The molecule has 0 aromatic heterocycles. The van der Waals surface area contributed by atoms with Crippen LogP contribution < -0.4 is 15.2 Å². The normalized spacial score (nSPS) is 24.0. The minimum atomic E-state index is -2.80. The van der Waals surface area contributed by atoms with Crippen molar-refractivity contribution >= 4 is 0 Å². The van der Waals surface area contributed by atoms with E-state index in [1.165, 1.54) is 12.1 Å². The van der Waals surface area contributed by atoms with Crippen molar-refractivity contribution in [3.63, 3.8) is 0 Å². The van der Waals surface area contributed by atoms with E-state index in [1.54, 1.807) is 12.1 Å². The molecule has 5 heteroatoms. The molecule has 1 aromatic carbocycles. The largest absolute Gasteiger partial charge is 0.490 e. The van der Waals surface area contributed by atoms with E-state index in [-0.39, 0.29) is 17.9 Å². The molecule has 3 nitrogen and oxygen atoms in total. The lowest BCUT2D eigenvalue weighted by Crippen LogP contribution is -2.43. The first kappa shape index (κ1) is 11.1. The van der Waals surface area contributed by atoms with Gasteiger partial charge in [-0.2, -0.15) is 8.78 Å². The number of nitrogens with two attached hydrogens (primary N) is 1. The van der Waals surface area contributed by atoms with Gasteiger partial charge in [-0.25, -0.2) is 0 Å². The minimum absolute atomic E-state index is 0.132. The van der Waals surface area contributed by atoms with Crippen LogP contribution in [-0.4, -0.2) is 18.8 Å². The third kappa shape index (κ3) is 2.82. The maximum Gasteiger partial charge on any atom is 0.387 e. The predicted molar refractivity (Wildman–Crippen MR) is 54.7 cm³/mol. The Morgan fingerprint density at radius 2 is 1.69 bits per heavy atom. The van der Waals surface area contributed by atoms with Crippen LogP contribution in [0.25, 0.3) is 0 Å². The molecule has 1 aromatic rings. The van der Waals surface area contributed by atoms with Crippen molar-refractivity contribution in [2.24, 2.45) is 5.73 Å². The van der Waals surface area contributed by atoms with Crippen LogP contribution in [0.4, 0.5) is 8.78 Å². The van der Waals surface area contributed by atoms with Crippen molar-refractivity contribution in [1.82, 2.24) is 0 Å². The predicted octanol–water partition coefficient (Wildman–Crippen LogP) is 2.16. The van der Waals surface area contributed by atoms with Crippen LogP contribution in [0.3, 0.4) is 0 Å². The van der Waals surface area contributed by atoms with Gasteiger partial charge in [0.15, 0.2) is 0 Å². The molecule has 88 valence electrons. The summed E-state index contributed by atoms with van der Waals surface area (Å²) in [5.74, 6) is 0.783. The molecule has 0 aliphatic heterocycles. The highest BCUT2D eigenvalue weighted by atomic mass is 19.3. The fraction of sp³-hybridized carbons (Fsp3) is 0.455. The molecular formula is C11H13F2NO2. The van der Waals surface area contributed by atoms with Crippen molar-refractivity contribution in [1.29, 1.82) is 0 Å². The molecule has 1 aliphatic carbocycles. The summed E-state index contributed by atoms with van der Waals surface area (Å²) in [5.41, 5.74) is 5.62. The second-order valence-corrected chi connectivity index (χ2v) is 3.82. The third-order valence-corrected chi connectivity index (χ3v) is 2.48. The quantitative estimate of drug-likeness (QED) is 0.860. The van der Waals surface area contributed by atoms with Gasteiger partial charge in [0, 0.05) is 6.04 Å². The molecule has 0 bridgehead atoms. The van der Waals surface area contributed by atoms with E-state index in [9.17, 15) is 8.78 Å². The highest BCUT2D eigenvalue weighted by Crippen LogP contribution is 2.26. The lowest BCUT2D eigenvalue weighted by molar-refractivity contribution is -0.0499. The highest BCUT2D eigenvalue weighted by Gasteiger charge is 2.27. The Labute approximate surface area is 92.1 Å². The van der Waals surface area contributed by atoms with Crippen molar-refractivity contribution in [2.75, 3.05) is 0 Å². The third-order valence-electron chi connectivity index (χ3n) is 2.48. The maximum absolute atomic E-state index is 11.9. The molecule has 0 saturated heterocycles. The number of halogens is 2. The van der Waals surface area contributed by atoms with Crippen molar-refractivity contribution in [3.05, 3.63) is 24.3 Å². The summed E-state index contributed by atoms with van der Waals surface area (Å²) in [6.07, 6.45) is 1.83. The molecular weight excluding hydrogens is 216 g/mol. The molecule has 1 aliphatic rings. The van der Waals surface area contributed by atoms with Gasteiger partial charge in [0.25, 0.3) is 0 Å². The van der Waals surface area contributed by atoms with E-state index in [0.717, 1.165) is 12.8 Å². The molecule has 0 radical (unpaired) electrons. The average molecular weight is 229 g/mol. The fourth-order valence-electron chi connectivity index (χ4n) is 1.59. The smallest absolute Gasteiger partial charge is 0.387 e. The van der Waals surface area contributed by atoms with E-state index in [1.807, 2.05) is 0 Å². The molecule has 2 rings (SSSR count). The molecule has 2 N–H and O–H groups in total. The summed E-state index contributed by atoms with van der Waals surface area (Å²) in [6, 6.07) is 6.37. The fourth-order valence-corrected chi connectivity index (χ4v) is 1.59. The van der Waals surface area contributed by atoms with Gasteiger partial charge in [-0.1, -0.05) is 0 Å². The van der Waals surface area contributed by atoms with Gasteiger partial charge in [0.1, 0.15) is 17.6 Å². The number of hydrogen-bond donors (Lipinski definition) is 1. The average Bonchev–Trinajstić information content (AvgIpc) is 2.18. The molecule has 0 unspecified atom stereocenters. The topological polar surface area (TPSA) is 44.5 Å². The molecule has 0 spiro atoms. The van der Waals surface area contributed by atoms with Crippen molar-refractivity contribution < 1.29 is 18.3 Å². The first-order valence-corrected chi connectivity index (χ1v) is 5.10. The van der Waals surface area contributed by atoms with E-state index < -0.39 is 6.61 Å². The summed E-state index contributed by atoms with van der Waals surface area (Å²) in [6.45, 7) is -2.80. The molecule has 1 saturated carbocycles. The second kappa shape index (κ2) is 4.65. The zero-order valence-corrected chi connectivity index (χ0v) is 8.61. The Kier molecular flexibility index (Phi) is 3.24. The number of alkyl halides is 2.